The second-order valence-electron chi connectivity index (χ2n) is 5.92. The van der Waals surface area contributed by atoms with Gasteiger partial charge in [-0.3, -0.25) is 4.79 Å². The van der Waals surface area contributed by atoms with Crippen LogP contribution in [0, 0.1) is 11.3 Å². The lowest BCUT2D eigenvalue weighted by molar-refractivity contribution is -0.153. The molecule has 2 aromatic carbocycles. The highest BCUT2D eigenvalue weighted by Crippen LogP contribution is 2.24. The Morgan fingerprint density at radius 1 is 1.14 bits per heavy atom. The zero-order valence-corrected chi connectivity index (χ0v) is 15.9. The number of nitrogens with zero attached hydrogens (tertiary/aromatic N) is 1. The molecule has 0 aliphatic rings. The fraction of sp³-hybridized carbons (Fsp3) is 0.222. The molecular weight excluding hydrogens is 411 g/mol. The van der Waals surface area contributed by atoms with Crippen LogP contribution in [0.4, 0.5) is 24.5 Å². The number of benzene rings is 2. The number of hydrogen-bond donors (Lipinski definition) is 2. The highest BCUT2D eigenvalue weighted by Gasteiger charge is 2.28. The molecular formula is C18H16F3N3O4S. The Bertz CT molecular complexity index is 1030. The Labute approximate surface area is 165 Å². The molecule has 2 aromatic rings. The van der Waals surface area contributed by atoms with Gasteiger partial charge < -0.3 is 15.4 Å². The van der Waals surface area contributed by atoms with Crippen LogP contribution >= 0.6 is 0 Å². The minimum absolute atomic E-state index is 0.115. The molecule has 2 rings (SSSR count). The first-order valence-electron chi connectivity index (χ1n) is 8.05. The summed E-state index contributed by atoms with van der Waals surface area (Å²) in [6.07, 6.45) is -3.46. The monoisotopic (exact) mass is 427 g/mol. The van der Waals surface area contributed by atoms with Gasteiger partial charge in [0.15, 0.2) is 16.4 Å². The SMILES string of the molecule is CS(=O)(=O)c1ccc(NC(=O)CNc2ccc(OCC(F)(F)F)c(C#N)c2)cc1. The number of sulfone groups is 1. The van der Waals surface area contributed by atoms with Gasteiger partial charge >= 0.3 is 6.18 Å². The molecule has 0 unspecified atom stereocenters. The van der Waals surface area contributed by atoms with E-state index < -0.39 is 28.5 Å². The van der Waals surface area contributed by atoms with Crippen LogP contribution in [0.2, 0.25) is 0 Å². The van der Waals surface area contributed by atoms with Crippen molar-refractivity contribution in [3.05, 3.63) is 48.0 Å². The molecule has 29 heavy (non-hydrogen) atoms. The maximum atomic E-state index is 12.2. The number of nitriles is 1. The fourth-order valence-corrected chi connectivity index (χ4v) is 2.82. The van der Waals surface area contributed by atoms with Gasteiger partial charge in [0.2, 0.25) is 5.91 Å². The third kappa shape index (κ3) is 7.00. The number of anilines is 2. The Hall–Kier alpha value is -3.26. The zero-order valence-electron chi connectivity index (χ0n) is 15.1. The van der Waals surface area contributed by atoms with Gasteiger partial charge in [0, 0.05) is 17.6 Å². The van der Waals surface area contributed by atoms with Gasteiger partial charge in [-0.05, 0) is 42.5 Å². The number of carbonyl (C=O) groups excluding carboxylic acids is 1. The number of hydrogen-bond acceptors (Lipinski definition) is 6. The Morgan fingerprint density at radius 3 is 2.31 bits per heavy atom. The minimum atomic E-state index is -4.53. The average molecular weight is 427 g/mol. The van der Waals surface area contributed by atoms with Crippen LogP contribution in [0.1, 0.15) is 5.56 Å². The van der Waals surface area contributed by atoms with Crippen molar-refractivity contribution in [3.63, 3.8) is 0 Å². The molecule has 0 aliphatic carbocycles. The van der Waals surface area contributed by atoms with E-state index in [9.17, 15) is 26.4 Å². The predicted molar refractivity (Wildman–Crippen MR) is 99.4 cm³/mol. The van der Waals surface area contributed by atoms with Gasteiger partial charge in [-0.15, -0.1) is 0 Å². The van der Waals surface area contributed by atoms with Crippen molar-refractivity contribution < 1.29 is 31.1 Å². The summed E-state index contributed by atoms with van der Waals surface area (Å²) in [5.41, 5.74) is 0.609. The van der Waals surface area contributed by atoms with Gasteiger partial charge in [0.1, 0.15) is 11.8 Å². The van der Waals surface area contributed by atoms with Gasteiger partial charge in [0.05, 0.1) is 17.0 Å². The summed E-state index contributed by atoms with van der Waals surface area (Å²) < 4.78 is 64.1. The van der Waals surface area contributed by atoms with Crippen LogP contribution in [-0.4, -0.2) is 39.9 Å². The van der Waals surface area contributed by atoms with Gasteiger partial charge in [0.25, 0.3) is 0 Å². The van der Waals surface area contributed by atoms with Crippen molar-refractivity contribution in [1.29, 1.82) is 5.26 Å². The van der Waals surface area contributed by atoms with Crippen molar-refractivity contribution in [2.75, 3.05) is 30.0 Å². The predicted octanol–water partition coefficient (Wildman–Crippen LogP) is 2.95. The quantitative estimate of drug-likeness (QED) is 0.703. The van der Waals surface area contributed by atoms with E-state index in [2.05, 4.69) is 15.4 Å². The third-order valence-electron chi connectivity index (χ3n) is 3.51. The maximum Gasteiger partial charge on any atom is 0.422 e. The Kier molecular flexibility index (Phi) is 6.71. The van der Waals surface area contributed by atoms with Crippen LogP contribution in [0.15, 0.2) is 47.4 Å². The molecule has 154 valence electrons. The highest BCUT2D eigenvalue weighted by molar-refractivity contribution is 7.90. The number of ether oxygens (including phenoxy) is 1. The molecule has 11 heteroatoms. The molecule has 0 aromatic heterocycles. The van der Waals surface area contributed by atoms with E-state index in [1.807, 2.05) is 0 Å². The topological polar surface area (TPSA) is 108 Å². The first-order chi connectivity index (χ1) is 13.5. The average Bonchev–Trinajstić information content (AvgIpc) is 2.64. The van der Waals surface area contributed by atoms with E-state index in [4.69, 9.17) is 5.26 Å². The van der Waals surface area contributed by atoms with Gasteiger partial charge in [-0.1, -0.05) is 0 Å². The second-order valence-corrected chi connectivity index (χ2v) is 7.94. The van der Waals surface area contributed by atoms with Crippen molar-refractivity contribution >= 4 is 27.1 Å². The smallest absolute Gasteiger partial charge is 0.422 e. The van der Waals surface area contributed by atoms with E-state index >= 15 is 0 Å². The molecule has 0 atom stereocenters. The summed E-state index contributed by atoms with van der Waals surface area (Å²) in [6.45, 7) is -1.71. The van der Waals surface area contributed by atoms with E-state index in [0.29, 0.717) is 11.4 Å². The Balaban J connectivity index is 1.95. The molecule has 0 fully saturated rings. The number of halogens is 3. The van der Waals surface area contributed by atoms with E-state index in [1.165, 1.54) is 42.5 Å². The molecule has 0 bridgehead atoms. The maximum absolute atomic E-state index is 12.2. The number of rotatable bonds is 7. The van der Waals surface area contributed by atoms with Crippen LogP contribution in [0.3, 0.4) is 0 Å². The largest absolute Gasteiger partial charge is 0.483 e. The van der Waals surface area contributed by atoms with Crippen molar-refractivity contribution in [1.82, 2.24) is 0 Å². The van der Waals surface area contributed by atoms with Crippen molar-refractivity contribution in [3.8, 4) is 11.8 Å². The molecule has 7 nitrogen and oxygen atoms in total. The number of alkyl halides is 3. The first kappa shape index (κ1) is 22.0. The number of amides is 1. The van der Waals surface area contributed by atoms with Gasteiger partial charge in [-0.2, -0.15) is 18.4 Å². The van der Waals surface area contributed by atoms with Crippen LogP contribution < -0.4 is 15.4 Å². The zero-order chi connectivity index (χ0) is 21.7. The van der Waals surface area contributed by atoms with E-state index in [0.717, 1.165) is 6.26 Å². The lowest BCUT2D eigenvalue weighted by Gasteiger charge is -2.12. The van der Waals surface area contributed by atoms with E-state index in [1.54, 1.807) is 6.07 Å². The Morgan fingerprint density at radius 2 is 1.76 bits per heavy atom. The normalized spacial score (nSPS) is 11.4. The molecule has 0 radical (unpaired) electrons. The summed E-state index contributed by atoms with van der Waals surface area (Å²) in [5, 5.41) is 14.4. The lowest BCUT2D eigenvalue weighted by atomic mass is 10.2. The van der Waals surface area contributed by atoms with Crippen molar-refractivity contribution in [2.45, 2.75) is 11.1 Å². The number of nitrogens with one attached hydrogen (secondary N) is 2. The summed E-state index contributed by atoms with van der Waals surface area (Å²) in [4.78, 5) is 12.1. The van der Waals surface area contributed by atoms with Crippen LogP contribution in [-0.2, 0) is 14.6 Å². The third-order valence-corrected chi connectivity index (χ3v) is 4.64. The fourth-order valence-electron chi connectivity index (χ4n) is 2.19. The molecule has 0 spiro atoms. The summed E-state index contributed by atoms with van der Waals surface area (Å²) in [7, 11) is -3.34. The molecule has 0 heterocycles. The number of carbonyl (C=O) groups is 1. The molecule has 0 saturated heterocycles. The van der Waals surface area contributed by atoms with Crippen LogP contribution in [0.5, 0.6) is 5.75 Å². The molecule has 0 saturated carbocycles. The highest BCUT2D eigenvalue weighted by atomic mass is 32.2. The lowest BCUT2D eigenvalue weighted by Crippen LogP contribution is -2.22. The summed E-state index contributed by atoms with van der Waals surface area (Å²) >= 11 is 0. The second kappa shape index (κ2) is 8.83. The standard InChI is InChI=1S/C18H16F3N3O4S/c1-29(26,27)15-5-2-13(3-6-15)24-17(25)10-23-14-4-7-16(12(8-14)9-22)28-11-18(19,20)21/h2-8,23H,10-11H2,1H3,(H,24,25). The minimum Gasteiger partial charge on any atom is -0.483 e. The van der Waals surface area contributed by atoms with Crippen molar-refractivity contribution in [2.24, 2.45) is 0 Å². The molecule has 0 aliphatic heterocycles. The molecule has 2 N–H and O–H groups in total. The molecule has 1 amide bonds. The van der Waals surface area contributed by atoms with Crippen LogP contribution in [0.25, 0.3) is 0 Å². The summed E-state index contributed by atoms with van der Waals surface area (Å²) in [6, 6.07) is 11.2. The van der Waals surface area contributed by atoms with Gasteiger partial charge in [-0.25, -0.2) is 8.42 Å². The summed E-state index contributed by atoms with van der Waals surface area (Å²) in [5.74, 6) is -0.668. The first-order valence-corrected chi connectivity index (χ1v) is 9.94. The van der Waals surface area contributed by atoms with E-state index in [-0.39, 0.29) is 22.8 Å².